The van der Waals surface area contributed by atoms with Gasteiger partial charge in [0.25, 0.3) is 0 Å². The lowest BCUT2D eigenvalue weighted by molar-refractivity contribution is 0.616. The molecule has 0 radical (unpaired) electrons. The molecule has 8 heteroatoms. The van der Waals surface area contributed by atoms with Gasteiger partial charge in [-0.25, -0.2) is 4.98 Å². The Morgan fingerprint density at radius 2 is 1.81 bits per heavy atom. The highest BCUT2D eigenvalue weighted by molar-refractivity contribution is 6.41. The van der Waals surface area contributed by atoms with Crippen molar-refractivity contribution in [2.45, 2.75) is 19.4 Å². The minimum absolute atomic E-state index is 0. The standard InChI is InChI=1S/C19H17Cl3N4.ClH/c1-2-17(26-9-8-23-12-26)18(13-6-4-3-5-7-13)24-25-19-15(21)10-14(20)11-16(19)22;/h3-12,17,25H,2H2,1H3;1H/b24-18+;. The van der Waals surface area contributed by atoms with Crippen LogP contribution in [-0.2, 0) is 0 Å². The minimum Gasteiger partial charge on any atom is -0.328 e. The molecule has 1 atom stereocenters. The van der Waals surface area contributed by atoms with E-state index in [4.69, 9.17) is 34.8 Å². The van der Waals surface area contributed by atoms with Crippen LogP contribution in [0.2, 0.25) is 15.1 Å². The van der Waals surface area contributed by atoms with Crippen molar-refractivity contribution in [3.05, 3.63) is 81.8 Å². The number of halogens is 4. The maximum absolute atomic E-state index is 6.26. The van der Waals surface area contributed by atoms with E-state index in [9.17, 15) is 0 Å². The number of nitrogens with one attached hydrogen (secondary N) is 1. The van der Waals surface area contributed by atoms with Crippen molar-refractivity contribution in [2.75, 3.05) is 5.43 Å². The molecule has 27 heavy (non-hydrogen) atoms. The molecule has 142 valence electrons. The summed E-state index contributed by atoms with van der Waals surface area (Å²) in [4.78, 5) is 4.15. The molecule has 0 aliphatic heterocycles. The van der Waals surface area contributed by atoms with Gasteiger partial charge in [0.15, 0.2) is 0 Å². The first kappa shape index (κ1) is 21.6. The average molecular weight is 444 g/mol. The van der Waals surface area contributed by atoms with Gasteiger partial charge in [0.1, 0.15) is 0 Å². The minimum atomic E-state index is 0. The Bertz CT molecular complexity index is 872. The van der Waals surface area contributed by atoms with E-state index in [1.165, 1.54) is 0 Å². The van der Waals surface area contributed by atoms with Crippen LogP contribution in [0.5, 0.6) is 0 Å². The number of nitrogens with zero attached hydrogens (tertiary/aromatic N) is 3. The summed E-state index contributed by atoms with van der Waals surface area (Å²) in [6.45, 7) is 2.10. The van der Waals surface area contributed by atoms with Gasteiger partial charge in [0.2, 0.25) is 0 Å². The van der Waals surface area contributed by atoms with Gasteiger partial charge in [0.05, 0.1) is 33.8 Å². The van der Waals surface area contributed by atoms with Gasteiger partial charge >= 0.3 is 0 Å². The van der Waals surface area contributed by atoms with Gasteiger partial charge in [-0.15, -0.1) is 12.4 Å². The zero-order valence-corrected chi connectivity index (χ0v) is 17.5. The smallest absolute Gasteiger partial charge is 0.0952 e. The molecule has 0 fully saturated rings. The summed E-state index contributed by atoms with van der Waals surface area (Å²) >= 11 is 18.5. The van der Waals surface area contributed by atoms with Gasteiger partial charge < -0.3 is 4.57 Å². The highest BCUT2D eigenvalue weighted by atomic mass is 35.5. The number of rotatable bonds is 6. The predicted molar refractivity (Wildman–Crippen MR) is 117 cm³/mol. The van der Waals surface area contributed by atoms with Crippen molar-refractivity contribution in [3.8, 4) is 0 Å². The Morgan fingerprint density at radius 3 is 2.37 bits per heavy atom. The van der Waals surface area contributed by atoms with E-state index in [-0.39, 0.29) is 18.4 Å². The fourth-order valence-electron chi connectivity index (χ4n) is 2.70. The second-order valence-corrected chi connectivity index (χ2v) is 6.90. The molecule has 2 aromatic carbocycles. The molecular formula is C19H18Cl4N4. The first-order chi connectivity index (χ1) is 12.6. The Hall–Kier alpha value is -1.72. The molecule has 1 unspecified atom stereocenters. The van der Waals surface area contributed by atoms with Crippen LogP contribution in [0.25, 0.3) is 0 Å². The van der Waals surface area contributed by atoms with Crippen LogP contribution in [0.1, 0.15) is 24.9 Å². The number of aromatic nitrogens is 2. The van der Waals surface area contributed by atoms with Crippen LogP contribution in [0.4, 0.5) is 5.69 Å². The Balaban J connectivity index is 0.00000261. The summed E-state index contributed by atoms with van der Waals surface area (Å²) in [5.41, 5.74) is 5.39. The summed E-state index contributed by atoms with van der Waals surface area (Å²) < 4.78 is 2.03. The Labute approximate surface area is 179 Å². The number of anilines is 1. The number of hydrogen-bond donors (Lipinski definition) is 1. The fraction of sp³-hybridized carbons (Fsp3) is 0.158. The molecule has 0 amide bonds. The van der Waals surface area contributed by atoms with Gasteiger partial charge in [-0.2, -0.15) is 5.10 Å². The highest BCUT2D eigenvalue weighted by Gasteiger charge is 2.18. The van der Waals surface area contributed by atoms with Gasteiger partial charge in [-0.1, -0.05) is 72.1 Å². The fourth-order valence-corrected chi connectivity index (χ4v) is 3.61. The number of hydrogen-bond acceptors (Lipinski definition) is 3. The molecule has 0 saturated carbocycles. The molecule has 0 bridgehead atoms. The topological polar surface area (TPSA) is 42.2 Å². The Kier molecular flexibility index (Phi) is 7.99. The zero-order valence-electron chi connectivity index (χ0n) is 14.4. The van der Waals surface area contributed by atoms with Gasteiger partial charge in [-0.3, -0.25) is 5.43 Å². The molecule has 0 saturated heterocycles. The average Bonchev–Trinajstić information content (AvgIpc) is 3.15. The monoisotopic (exact) mass is 442 g/mol. The lowest BCUT2D eigenvalue weighted by Crippen LogP contribution is -2.20. The summed E-state index contributed by atoms with van der Waals surface area (Å²) in [5.74, 6) is 0. The van der Waals surface area contributed by atoms with Crippen LogP contribution in [0.3, 0.4) is 0 Å². The first-order valence-electron chi connectivity index (χ1n) is 8.11. The third-order valence-electron chi connectivity index (χ3n) is 3.95. The normalized spacial score (nSPS) is 12.4. The van der Waals surface area contributed by atoms with Crippen LogP contribution >= 0.6 is 47.2 Å². The molecule has 1 N–H and O–H groups in total. The molecule has 3 aromatic rings. The van der Waals surface area contributed by atoms with Crippen LogP contribution < -0.4 is 5.43 Å². The molecule has 4 nitrogen and oxygen atoms in total. The molecule has 1 heterocycles. The lowest BCUT2D eigenvalue weighted by atomic mass is 10.0. The van der Waals surface area contributed by atoms with Gasteiger partial charge in [-0.05, 0) is 24.1 Å². The number of imidazole rings is 1. The summed E-state index contributed by atoms with van der Waals surface area (Å²) in [6, 6.07) is 13.2. The van der Waals surface area contributed by atoms with Crippen LogP contribution in [0.15, 0.2) is 66.3 Å². The number of benzene rings is 2. The van der Waals surface area contributed by atoms with Crippen molar-refractivity contribution < 1.29 is 0 Å². The second-order valence-electron chi connectivity index (χ2n) is 5.65. The molecule has 1 aromatic heterocycles. The van der Waals surface area contributed by atoms with E-state index >= 15 is 0 Å². The van der Waals surface area contributed by atoms with E-state index < -0.39 is 0 Å². The van der Waals surface area contributed by atoms with Gasteiger partial charge in [0, 0.05) is 17.4 Å². The van der Waals surface area contributed by atoms with Crippen LogP contribution in [-0.4, -0.2) is 15.3 Å². The second kappa shape index (κ2) is 10.00. The van der Waals surface area contributed by atoms with E-state index in [1.54, 1.807) is 24.7 Å². The van der Waals surface area contributed by atoms with Crippen molar-refractivity contribution >= 4 is 58.6 Å². The lowest BCUT2D eigenvalue weighted by Gasteiger charge is -2.20. The summed E-state index contributed by atoms with van der Waals surface area (Å²) in [6.07, 6.45) is 6.31. The largest absolute Gasteiger partial charge is 0.328 e. The summed E-state index contributed by atoms with van der Waals surface area (Å²) in [7, 11) is 0. The first-order valence-corrected chi connectivity index (χ1v) is 9.24. The number of hydrazone groups is 1. The maximum atomic E-state index is 6.26. The zero-order chi connectivity index (χ0) is 18.5. The maximum Gasteiger partial charge on any atom is 0.0952 e. The predicted octanol–water partition coefficient (Wildman–Crippen LogP) is 6.73. The summed E-state index contributed by atoms with van der Waals surface area (Å²) in [5, 5.41) is 5.95. The molecule has 0 spiro atoms. The van der Waals surface area contributed by atoms with Crippen molar-refractivity contribution in [1.29, 1.82) is 0 Å². The molecule has 0 aliphatic carbocycles. The third-order valence-corrected chi connectivity index (χ3v) is 4.77. The molecular weight excluding hydrogens is 426 g/mol. The SMILES string of the molecule is CCC(/C(=N/Nc1c(Cl)cc(Cl)cc1Cl)c1ccccc1)n1ccnc1.Cl. The van der Waals surface area contributed by atoms with E-state index in [0.29, 0.717) is 20.8 Å². The molecule has 3 rings (SSSR count). The third kappa shape index (κ3) is 5.17. The van der Waals surface area contributed by atoms with Crippen LogP contribution in [0, 0.1) is 0 Å². The molecule has 0 aliphatic rings. The van der Waals surface area contributed by atoms with E-state index in [1.807, 2.05) is 41.1 Å². The highest BCUT2D eigenvalue weighted by Crippen LogP contribution is 2.34. The van der Waals surface area contributed by atoms with Crippen molar-refractivity contribution in [2.24, 2.45) is 5.10 Å². The van der Waals surface area contributed by atoms with Crippen molar-refractivity contribution in [3.63, 3.8) is 0 Å². The van der Waals surface area contributed by atoms with E-state index in [0.717, 1.165) is 17.7 Å². The van der Waals surface area contributed by atoms with E-state index in [2.05, 4.69) is 22.4 Å². The Morgan fingerprint density at radius 1 is 1.15 bits per heavy atom. The quantitative estimate of drug-likeness (QED) is 0.338. The van der Waals surface area contributed by atoms with Crippen molar-refractivity contribution in [1.82, 2.24) is 9.55 Å².